The summed E-state index contributed by atoms with van der Waals surface area (Å²) in [7, 11) is 1.77. The van der Waals surface area contributed by atoms with Crippen molar-refractivity contribution in [3.05, 3.63) is 35.6 Å². The van der Waals surface area contributed by atoms with Crippen molar-refractivity contribution < 1.29 is 9.18 Å². The van der Waals surface area contributed by atoms with Gasteiger partial charge in [-0.2, -0.15) is 12.6 Å². The normalized spacial score (nSPS) is 16.4. The molecule has 1 aromatic carbocycles. The summed E-state index contributed by atoms with van der Waals surface area (Å²) in [5.41, 5.74) is 0.956. The summed E-state index contributed by atoms with van der Waals surface area (Å²) in [6, 6.07) is 6.37. The molecule has 0 spiro atoms. The van der Waals surface area contributed by atoms with Gasteiger partial charge in [0.1, 0.15) is 5.82 Å². The Bertz CT molecular complexity index is 445. The van der Waals surface area contributed by atoms with Gasteiger partial charge in [0.25, 0.3) is 0 Å². The first-order valence-electron chi connectivity index (χ1n) is 6.14. The molecule has 1 aromatic rings. The predicted molar refractivity (Wildman–Crippen MR) is 73.0 cm³/mol. The van der Waals surface area contributed by atoms with E-state index < -0.39 is 0 Å². The number of amides is 1. The summed E-state index contributed by atoms with van der Waals surface area (Å²) >= 11 is 4.30. The molecule has 1 aliphatic rings. The molecule has 0 saturated heterocycles. The quantitative estimate of drug-likeness (QED) is 0.813. The molecule has 1 amide bonds. The van der Waals surface area contributed by atoms with Gasteiger partial charge in [0.2, 0.25) is 5.91 Å². The Morgan fingerprint density at radius 3 is 2.78 bits per heavy atom. The van der Waals surface area contributed by atoms with Crippen molar-refractivity contribution in [1.29, 1.82) is 0 Å². The molecule has 1 saturated carbocycles. The molecule has 0 aromatic heterocycles. The lowest BCUT2D eigenvalue weighted by Gasteiger charge is -2.20. The Morgan fingerprint density at radius 1 is 1.50 bits per heavy atom. The van der Waals surface area contributed by atoms with Crippen molar-refractivity contribution in [2.24, 2.45) is 5.41 Å². The number of carbonyl (C=O) groups is 1. The molecule has 98 valence electrons. The molecule has 0 radical (unpaired) electrons. The van der Waals surface area contributed by atoms with Gasteiger partial charge in [0.05, 0.1) is 0 Å². The van der Waals surface area contributed by atoms with Crippen LogP contribution in [0.2, 0.25) is 0 Å². The highest BCUT2D eigenvalue weighted by atomic mass is 32.1. The van der Waals surface area contributed by atoms with E-state index in [0.717, 1.165) is 24.2 Å². The Morgan fingerprint density at radius 2 is 2.22 bits per heavy atom. The highest BCUT2D eigenvalue weighted by Crippen LogP contribution is 2.49. The van der Waals surface area contributed by atoms with Crippen molar-refractivity contribution in [1.82, 2.24) is 4.90 Å². The number of rotatable bonds is 5. The van der Waals surface area contributed by atoms with Gasteiger partial charge < -0.3 is 4.90 Å². The van der Waals surface area contributed by atoms with E-state index in [4.69, 9.17) is 0 Å². The summed E-state index contributed by atoms with van der Waals surface area (Å²) in [4.78, 5) is 13.7. The molecular formula is C14H18FNOS. The maximum atomic E-state index is 13.0. The lowest BCUT2D eigenvalue weighted by molar-refractivity contribution is -0.131. The maximum absolute atomic E-state index is 13.0. The minimum absolute atomic E-state index is 0.116. The monoisotopic (exact) mass is 267 g/mol. The van der Waals surface area contributed by atoms with Crippen molar-refractivity contribution in [3.63, 3.8) is 0 Å². The lowest BCUT2D eigenvalue weighted by atomic mass is 10.0. The molecule has 0 bridgehead atoms. The number of nitrogens with zero attached hydrogens (tertiary/aromatic N) is 1. The Labute approximate surface area is 113 Å². The van der Waals surface area contributed by atoms with Crippen LogP contribution in [-0.2, 0) is 11.3 Å². The van der Waals surface area contributed by atoms with Crippen LogP contribution in [0, 0.1) is 11.2 Å². The van der Waals surface area contributed by atoms with E-state index in [1.807, 2.05) is 6.07 Å². The van der Waals surface area contributed by atoms with Crippen molar-refractivity contribution in [3.8, 4) is 0 Å². The van der Waals surface area contributed by atoms with Crippen LogP contribution in [0.25, 0.3) is 0 Å². The zero-order chi connectivity index (χ0) is 13.2. The number of hydrogen-bond donors (Lipinski definition) is 1. The SMILES string of the molecule is CN(Cc1cccc(F)c1)C(=O)CC1(CS)CC1. The van der Waals surface area contributed by atoms with Gasteiger partial charge in [-0.25, -0.2) is 4.39 Å². The van der Waals surface area contributed by atoms with Crippen molar-refractivity contribution >= 4 is 18.5 Å². The molecule has 4 heteroatoms. The average molecular weight is 267 g/mol. The van der Waals surface area contributed by atoms with Gasteiger partial charge in [-0.3, -0.25) is 4.79 Å². The third-order valence-electron chi connectivity index (χ3n) is 3.55. The Kier molecular flexibility index (Phi) is 3.95. The van der Waals surface area contributed by atoms with Gasteiger partial charge in [-0.1, -0.05) is 12.1 Å². The summed E-state index contributed by atoms with van der Waals surface area (Å²) in [6.07, 6.45) is 2.74. The molecule has 0 N–H and O–H groups in total. The third-order valence-corrected chi connectivity index (χ3v) is 4.22. The minimum Gasteiger partial charge on any atom is -0.341 e. The molecule has 0 atom stereocenters. The topological polar surface area (TPSA) is 20.3 Å². The summed E-state index contributed by atoms with van der Waals surface area (Å²) < 4.78 is 13.0. The van der Waals surface area contributed by atoms with Crippen LogP contribution in [0.15, 0.2) is 24.3 Å². The highest BCUT2D eigenvalue weighted by Gasteiger charge is 2.43. The molecule has 18 heavy (non-hydrogen) atoms. The van der Waals surface area contributed by atoms with Crippen molar-refractivity contribution in [2.45, 2.75) is 25.8 Å². The number of carbonyl (C=O) groups excluding carboxylic acids is 1. The highest BCUT2D eigenvalue weighted by molar-refractivity contribution is 7.80. The van der Waals surface area contributed by atoms with Crippen LogP contribution in [0.5, 0.6) is 0 Å². The standard InChI is InChI=1S/C14H18FNOS/c1-16(9-11-3-2-4-12(15)7-11)13(17)8-14(10-18)5-6-14/h2-4,7,18H,5-6,8-10H2,1H3. The molecule has 2 rings (SSSR count). The van der Waals surface area contributed by atoms with Gasteiger partial charge >= 0.3 is 0 Å². The first-order chi connectivity index (χ1) is 8.54. The van der Waals surface area contributed by atoms with Crippen LogP contribution in [-0.4, -0.2) is 23.6 Å². The van der Waals surface area contributed by atoms with E-state index in [9.17, 15) is 9.18 Å². The van der Waals surface area contributed by atoms with Crippen LogP contribution < -0.4 is 0 Å². The number of thiol groups is 1. The van der Waals surface area contributed by atoms with Gasteiger partial charge in [0, 0.05) is 20.0 Å². The second kappa shape index (κ2) is 5.31. The maximum Gasteiger partial charge on any atom is 0.223 e. The van der Waals surface area contributed by atoms with E-state index >= 15 is 0 Å². The summed E-state index contributed by atoms with van der Waals surface area (Å²) in [5, 5.41) is 0. The van der Waals surface area contributed by atoms with Gasteiger partial charge in [0.15, 0.2) is 0 Å². The smallest absolute Gasteiger partial charge is 0.223 e. The fourth-order valence-electron chi connectivity index (χ4n) is 2.02. The molecule has 0 heterocycles. The Hall–Kier alpha value is -1.03. The first kappa shape index (κ1) is 13.4. The van der Waals surface area contributed by atoms with Crippen LogP contribution >= 0.6 is 12.6 Å². The van der Waals surface area contributed by atoms with Gasteiger partial charge in [-0.05, 0) is 41.7 Å². The molecule has 0 unspecified atom stereocenters. The summed E-state index contributed by atoms with van der Waals surface area (Å²) in [6.45, 7) is 0.458. The van der Waals surface area contributed by atoms with Gasteiger partial charge in [-0.15, -0.1) is 0 Å². The molecule has 0 aliphatic heterocycles. The van der Waals surface area contributed by atoms with Crippen LogP contribution in [0.3, 0.4) is 0 Å². The lowest BCUT2D eigenvalue weighted by Crippen LogP contribution is -2.29. The fourth-order valence-corrected chi connectivity index (χ4v) is 2.45. The number of hydrogen-bond acceptors (Lipinski definition) is 2. The van der Waals surface area contributed by atoms with E-state index in [1.165, 1.54) is 12.1 Å². The zero-order valence-corrected chi connectivity index (χ0v) is 11.4. The number of halogens is 1. The van der Waals surface area contributed by atoms with E-state index in [2.05, 4.69) is 12.6 Å². The third kappa shape index (κ3) is 3.25. The molecule has 2 nitrogen and oxygen atoms in total. The van der Waals surface area contributed by atoms with Crippen LogP contribution in [0.4, 0.5) is 4.39 Å². The molecule has 1 aliphatic carbocycles. The fraction of sp³-hybridized carbons (Fsp3) is 0.500. The minimum atomic E-state index is -0.262. The predicted octanol–water partition coefficient (Wildman–Crippen LogP) is 2.88. The second-order valence-corrected chi connectivity index (χ2v) is 5.53. The second-order valence-electron chi connectivity index (χ2n) is 5.21. The molecule has 1 fully saturated rings. The Balaban J connectivity index is 1.91. The van der Waals surface area contributed by atoms with E-state index in [0.29, 0.717) is 13.0 Å². The first-order valence-corrected chi connectivity index (χ1v) is 6.77. The van der Waals surface area contributed by atoms with Crippen LogP contribution in [0.1, 0.15) is 24.8 Å². The average Bonchev–Trinajstić information content (AvgIpc) is 3.09. The van der Waals surface area contributed by atoms with Crippen molar-refractivity contribution in [2.75, 3.05) is 12.8 Å². The number of benzene rings is 1. The molecular weight excluding hydrogens is 249 g/mol. The van der Waals surface area contributed by atoms with E-state index in [-0.39, 0.29) is 17.1 Å². The zero-order valence-electron chi connectivity index (χ0n) is 10.5. The largest absolute Gasteiger partial charge is 0.341 e. The summed E-state index contributed by atoms with van der Waals surface area (Å²) in [5.74, 6) is 0.625. The van der Waals surface area contributed by atoms with E-state index in [1.54, 1.807) is 18.0 Å².